The molecule has 1 heterocycles. The van der Waals surface area contributed by atoms with Gasteiger partial charge in [-0.05, 0) is 85.0 Å². The fourth-order valence-electron chi connectivity index (χ4n) is 5.33. The third-order valence-electron chi connectivity index (χ3n) is 7.50. The van der Waals surface area contributed by atoms with Crippen LogP contribution in [-0.2, 0) is 33.6 Å². The number of hydrogen-bond acceptors (Lipinski definition) is 3. The van der Waals surface area contributed by atoms with Crippen LogP contribution in [0.2, 0.25) is 0 Å². The summed E-state index contributed by atoms with van der Waals surface area (Å²) >= 11 is 0. The molecule has 3 aromatic rings. The first kappa shape index (κ1) is 28.0. The lowest BCUT2D eigenvalue weighted by molar-refractivity contribution is -0.154. The van der Waals surface area contributed by atoms with E-state index in [0.717, 1.165) is 35.2 Å². The van der Waals surface area contributed by atoms with Crippen molar-refractivity contribution >= 4 is 23.5 Å². The number of rotatable bonds is 13. The summed E-state index contributed by atoms with van der Waals surface area (Å²) in [5, 5.41) is 18.2. The molecule has 1 aliphatic heterocycles. The smallest absolute Gasteiger partial charge is 0.317 e. The molecule has 1 saturated heterocycles. The molecule has 4 rings (SSSR count). The average molecular weight is 532 g/mol. The summed E-state index contributed by atoms with van der Waals surface area (Å²) in [6, 6.07) is 22.3. The van der Waals surface area contributed by atoms with E-state index in [-0.39, 0.29) is 30.1 Å². The standard InChI is InChI=1S/C32H34FNO5/c1-2-4-21-11-18-26(19-12-21)34-29(27(30(34)35)20-13-23-9-16-25(33)17-10-23)24-14-7-22(8-15-24)5-3-6-28(31(36)37)32(38)39/h7-12,14-19,27-29H,2-6,13,20H2,1H3,(H,36,37)(H,38,39). The van der Waals surface area contributed by atoms with Crippen molar-refractivity contribution in [1.29, 1.82) is 0 Å². The van der Waals surface area contributed by atoms with Crippen molar-refractivity contribution in [2.24, 2.45) is 11.8 Å². The second kappa shape index (κ2) is 12.7. The Bertz CT molecular complexity index is 1270. The van der Waals surface area contributed by atoms with Gasteiger partial charge in [-0.25, -0.2) is 4.39 Å². The van der Waals surface area contributed by atoms with Gasteiger partial charge in [0.2, 0.25) is 5.91 Å². The second-order valence-electron chi connectivity index (χ2n) is 10.2. The number of halogens is 1. The van der Waals surface area contributed by atoms with Gasteiger partial charge in [-0.1, -0.05) is 61.9 Å². The number of β-lactam (4-membered cyclic amide) rings is 1. The summed E-state index contributed by atoms with van der Waals surface area (Å²) in [6.07, 6.45) is 4.43. The first-order valence-corrected chi connectivity index (χ1v) is 13.5. The van der Waals surface area contributed by atoms with Crippen molar-refractivity contribution in [2.75, 3.05) is 4.90 Å². The summed E-state index contributed by atoms with van der Waals surface area (Å²) in [4.78, 5) is 37.5. The predicted octanol–water partition coefficient (Wildman–Crippen LogP) is 6.22. The first-order valence-electron chi connectivity index (χ1n) is 13.5. The summed E-state index contributed by atoms with van der Waals surface area (Å²) in [5.41, 5.74) is 5.07. The first-order chi connectivity index (χ1) is 18.8. The number of aryl methyl sites for hydroxylation is 3. The minimum atomic E-state index is -1.40. The van der Waals surface area contributed by atoms with Crippen molar-refractivity contribution in [2.45, 2.75) is 57.9 Å². The van der Waals surface area contributed by atoms with Crippen LogP contribution in [0, 0.1) is 17.7 Å². The van der Waals surface area contributed by atoms with Gasteiger partial charge in [0.25, 0.3) is 0 Å². The van der Waals surface area contributed by atoms with Gasteiger partial charge >= 0.3 is 11.9 Å². The van der Waals surface area contributed by atoms with Crippen LogP contribution < -0.4 is 4.90 Å². The van der Waals surface area contributed by atoms with Gasteiger partial charge in [0.15, 0.2) is 5.92 Å². The van der Waals surface area contributed by atoms with Gasteiger partial charge in [-0.15, -0.1) is 0 Å². The van der Waals surface area contributed by atoms with Crippen LogP contribution in [-0.4, -0.2) is 28.1 Å². The molecule has 2 atom stereocenters. The fourth-order valence-corrected chi connectivity index (χ4v) is 5.33. The van der Waals surface area contributed by atoms with Gasteiger partial charge in [-0.3, -0.25) is 14.4 Å². The van der Waals surface area contributed by atoms with E-state index in [2.05, 4.69) is 19.1 Å². The number of carbonyl (C=O) groups is 3. The van der Waals surface area contributed by atoms with Gasteiger partial charge in [0, 0.05) is 5.69 Å². The van der Waals surface area contributed by atoms with Crippen LogP contribution in [0.3, 0.4) is 0 Å². The maximum atomic E-state index is 13.4. The molecule has 0 aliphatic carbocycles. The minimum absolute atomic E-state index is 0.0663. The Kier molecular flexibility index (Phi) is 9.12. The Morgan fingerprint density at radius 1 is 0.821 bits per heavy atom. The average Bonchev–Trinajstić information content (AvgIpc) is 2.92. The molecule has 0 saturated carbocycles. The molecular formula is C32H34FNO5. The Balaban J connectivity index is 1.49. The third kappa shape index (κ3) is 6.72. The number of carbonyl (C=O) groups excluding carboxylic acids is 1. The summed E-state index contributed by atoms with van der Waals surface area (Å²) < 4.78 is 13.3. The van der Waals surface area contributed by atoms with Crippen LogP contribution in [0.15, 0.2) is 72.8 Å². The van der Waals surface area contributed by atoms with Crippen molar-refractivity contribution < 1.29 is 29.0 Å². The fraction of sp³-hybridized carbons (Fsp3) is 0.344. The van der Waals surface area contributed by atoms with E-state index in [9.17, 15) is 18.8 Å². The van der Waals surface area contributed by atoms with Crippen LogP contribution in [0.1, 0.15) is 60.9 Å². The lowest BCUT2D eigenvalue weighted by Gasteiger charge is -2.48. The lowest BCUT2D eigenvalue weighted by atomic mass is 9.78. The highest BCUT2D eigenvalue weighted by Crippen LogP contribution is 2.45. The second-order valence-corrected chi connectivity index (χ2v) is 10.2. The van der Waals surface area contributed by atoms with E-state index in [1.54, 1.807) is 12.1 Å². The summed E-state index contributed by atoms with van der Waals surface area (Å²) in [6.45, 7) is 2.13. The largest absolute Gasteiger partial charge is 0.481 e. The molecule has 39 heavy (non-hydrogen) atoms. The molecule has 7 heteroatoms. The number of nitrogens with zero attached hydrogens (tertiary/aromatic N) is 1. The quantitative estimate of drug-likeness (QED) is 0.202. The number of amides is 1. The van der Waals surface area contributed by atoms with Crippen LogP contribution in [0.5, 0.6) is 0 Å². The number of benzene rings is 3. The van der Waals surface area contributed by atoms with E-state index in [1.165, 1.54) is 17.7 Å². The van der Waals surface area contributed by atoms with Crippen LogP contribution >= 0.6 is 0 Å². The van der Waals surface area contributed by atoms with E-state index in [4.69, 9.17) is 10.2 Å². The molecule has 1 aliphatic rings. The van der Waals surface area contributed by atoms with Crippen molar-refractivity contribution in [1.82, 2.24) is 0 Å². The molecule has 1 fully saturated rings. The van der Waals surface area contributed by atoms with E-state index >= 15 is 0 Å². The molecule has 0 aromatic heterocycles. The Hall–Kier alpha value is -4.00. The van der Waals surface area contributed by atoms with Gasteiger partial charge < -0.3 is 15.1 Å². The predicted molar refractivity (Wildman–Crippen MR) is 147 cm³/mol. The highest BCUT2D eigenvalue weighted by Gasteiger charge is 2.48. The van der Waals surface area contributed by atoms with Crippen molar-refractivity contribution in [3.8, 4) is 0 Å². The van der Waals surface area contributed by atoms with Crippen molar-refractivity contribution in [3.05, 3.63) is 101 Å². The van der Waals surface area contributed by atoms with Gasteiger partial charge in [0.1, 0.15) is 5.82 Å². The summed E-state index contributed by atoms with van der Waals surface area (Å²) in [5.74, 6) is -4.45. The third-order valence-corrected chi connectivity index (χ3v) is 7.50. The highest BCUT2D eigenvalue weighted by molar-refractivity contribution is 6.03. The minimum Gasteiger partial charge on any atom is -0.481 e. The molecule has 1 amide bonds. The molecule has 2 N–H and O–H groups in total. The molecular weight excluding hydrogens is 497 g/mol. The monoisotopic (exact) mass is 531 g/mol. The maximum absolute atomic E-state index is 13.4. The van der Waals surface area contributed by atoms with E-state index < -0.39 is 17.9 Å². The highest BCUT2D eigenvalue weighted by atomic mass is 19.1. The molecule has 2 unspecified atom stereocenters. The van der Waals surface area contributed by atoms with E-state index in [1.807, 2.05) is 41.3 Å². The Morgan fingerprint density at radius 3 is 1.95 bits per heavy atom. The molecule has 3 aromatic carbocycles. The molecule has 0 bridgehead atoms. The molecule has 0 radical (unpaired) electrons. The Labute approximate surface area is 228 Å². The molecule has 6 nitrogen and oxygen atoms in total. The van der Waals surface area contributed by atoms with Crippen LogP contribution in [0.25, 0.3) is 0 Å². The molecule has 204 valence electrons. The number of anilines is 1. The van der Waals surface area contributed by atoms with Crippen molar-refractivity contribution in [3.63, 3.8) is 0 Å². The summed E-state index contributed by atoms with van der Waals surface area (Å²) in [7, 11) is 0. The number of hydrogen-bond donors (Lipinski definition) is 2. The molecule has 0 spiro atoms. The normalized spacial score (nSPS) is 16.8. The zero-order valence-corrected chi connectivity index (χ0v) is 22.1. The lowest BCUT2D eigenvalue weighted by Crippen LogP contribution is -2.55. The number of aliphatic carboxylic acids is 2. The Morgan fingerprint density at radius 2 is 1.36 bits per heavy atom. The maximum Gasteiger partial charge on any atom is 0.317 e. The zero-order chi connectivity index (χ0) is 27.9. The van der Waals surface area contributed by atoms with Gasteiger partial charge in [-0.2, -0.15) is 0 Å². The van der Waals surface area contributed by atoms with Gasteiger partial charge in [0.05, 0.1) is 12.0 Å². The number of carboxylic acid groups (broad SMARTS) is 2. The van der Waals surface area contributed by atoms with Crippen LogP contribution in [0.4, 0.5) is 10.1 Å². The van der Waals surface area contributed by atoms with E-state index in [0.29, 0.717) is 25.7 Å². The zero-order valence-electron chi connectivity index (χ0n) is 22.1. The SMILES string of the molecule is CCCc1ccc(N2C(=O)C(CCc3ccc(F)cc3)C2c2ccc(CCCC(C(=O)O)C(=O)O)cc2)cc1. The number of carboxylic acids is 2. The topological polar surface area (TPSA) is 94.9 Å².